The first-order valence-corrected chi connectivity index (χ1v) is 10.1. The lowest BCUT2D eigenvalue weighted by molar-refractivity contribution is 0.301. The van der Waals surface area contributed by atoms with E-state index in [1.807, 2.05) is 30.3 Å². The van der Waals surface area contributed by atoms with E-state index in [2.05, 4.69) is 74.4 Å². The third kappa shape index (κ3) is 5.03. The first-order valence-electron chi connectivity index (χ1n) is 8.17. The number of anilines is 1. The Hall–Kier alpha value is -1.49. The second-order valence-corrected chi connectivity index (χ2v) is 8.15. The fourth-order valence-corrected chi connectivity index (χ4v) is 4.16. The van der Waals surface area contributed by atoms with Crippen LogP contribution < -0.4 is 10.1 Å². The van der Waals surface area contributed by atoms with Crippen LogP contribution in [0.2, 0.25) is 5.02 Å². The van der Waals surface area contributed by atoms with Gasteiger partial charge in [0.1, 0.15) is 12.4 Å². The molecule has 0 aliphatic rings. The van der Waals surface area contributed by atoms with E-state index in [9.17, 15) is 0 Å². The normalized spacial score (nSPS) is 10.6. The molecule has 0 spiro atoms. The summed E-state index contributed by atoms with van der Waals surface area (Å²) in [6, 6.07) is 20.1. The van der Waals surface area contributed by atoms with Crippen molar-refractivity contribution >= 4 is 49.1 Å². The Balaban J connectivity index is 1.78. The Labute approximate surface area is 175 Å². The first kappa shape index (κ1) is 19.3. The predicted molar refractivity (Wildman–Crippen MR) is 116 cm³/mol. The average Bonchev–Trinajstić information content (AvgIpc) is 2.61. The first-order chi connectivity index (χ1) is 12.5. The quantitative estimate of drug-likeness (QED) is 0.386. The minimum Gasteiger partial charge on any atom is -0.487 e. The van der Waals surface area contributed by atoms with Crippen LogP contribution >= 0.6 is 43.5 Å². The SMILES string of the molecule is Cc1ccc(NCc2cc(Br)cc(Br)c2OCc2ccccc2Cl)cc1. The van der Waals surface area contributed by atoms with Crippen molar-refractivity contribution in [2.45, 2.75) is 20.1 Å². The molecular formula is C21H18Br2ClNO. The molecule has 5 heteroatoms. The molecule has 0 aliphatic heterocycles. The Morgan fingerprint density at radius 1 is 0.962 bits per heavy atom. The van der Waals surface area contributed by atoms with Crippen molar-refractivity contribution in [3.05, 3.63) is 91.3 Å². The van der Waals surface area contributed by atoms with E-state index in [4.69, 9.17) is 16.3 Å². The van der Waals surface area contributed by atoms with Crippen molar-refractivity contribution in [1.82, 2.24) is 0 Å². The molecule has 3 aromatic rings. The molecular weight excluding hydrogens is 477 g/mol. The minimum atomic E-state index is 0.414. The maximum Gasteiger partial charge on any atom is 0.139 e. The predicted octanol–water partition coefficient (Wildman–Crippen LogP) is 7.36. The van der Waals surface area contributed by atoms with Crippen molar-refractivity contribution < 1.29 is 4.74 Å². The average molecular weight is 496 g/mol. The molecule has 0 bridgehead atoms. The van der Waals surface area contributed by atoms with Crippen LogP contribution in [-0.4, -0.2) is 0 Å². The number of nitrogens with one attached hydrogen (secondary N) is 1. The van der Waals surface area contributed by atoms with Crippen molar-refractivity contribution in [2.24, 2.45) is 0 Å². The Bertz CT molecular complexity index is 897. The van der Waals surface area contributed by atoms with Gasteiger partial charge in [0, 0.05) is 32.9 Å². The van der Waals surface area contributed by atoms with Gasteiger partial charge < -0.3 is 10.1 Å². The van der Waals surface area contributed by atoms with Gasteiger partial charge in [0.15, 0.2) is 0 Å². The lowest BCUT2D eigenvalue weighted by Gasteiger charge is -2.16. The van der Waals surface area contributed by atoms with Crippen LogP contribution in [0.3, 0.4) is 0 Å². The summed E-state index contributed by atoms with van der Waals surface area (Å²) in [4.78, 5) is 0. The highest BCUT2D eigenvalue weighted by molar-refractivity contribution is 9.11. The number of ether oxygens (including phenoxy) is 1. The van der Waals surface area contributed by atoms with Crippen LogP contribution in [0, 0.1) is 6.92 Å². The lowest BCUT2D eigenvalue weighted by atomic mass is 10.1. The summed E-state index contributed by atoms with van der Waals surface area (Å²) in [6.45, 7) is 3.15. The van der Waals surface area contributed by atoms with Crippen LogP contribution in [0.25, 0.3) is 0 Å². The molecule has 0 amide bonds. The van der Waals surface area contributed by atoms with Crippen molar-refractivity contribution in [3.63, 3.8) is 0 Å². The van der Waals surface area contributed by atoms with E-state index in [1.54, 1.807) is 0 Å². The zero-order valence-corrected chi connectivity index (χ0v) is 18.2. The summed E-state index contributed by atoms with van der Waals surface area (Å²) in [6.07, 6.45) is 0. The second kappa shape index (κ2) is 8.94. The molecule has 3 aromatic carbocycles. The van der Waals surface area contributed by atoms with Gasteiger partial charge in [-0.1, -0.05) is 63.4 Å². The van der Waals surface area contributed by atoms with Gasteiger partial charge in [0.2, 0.25) is 0 Å². The highest BCUT2D eigenvalue weighted by Crippen LogP contribution is 2.34. The summed E-state index contributed by atoms with van der Waals surface area (Å²) in [7, 11) is 0. The molecule has 0 saturated heterocycles. The van der Waals surface area contributed by atoms with Crippen LogP contribution in [0.4, 0.5) is 5.69 Å². The summed E-state index contributed by atoms with van der Waals surface area (Å²) < 4.78 is 8.00. The highest BCUT2D eigenvalue weighted by Gasteiger charge is 2.12. The molecule has 0 unspecified atom stereocenters. The highest BCUT2D eigenvalue weighted by atomic mass is 79.9. The third-order valence-electron chi connectivity index (χ3n) is 3.95. The van der Waals surface area contributed by atoms with Gasteiger partial charge in [-0.15, -0.1) is 0 Å². The minimum absolute atomic E-state index is 0.414. The zero-order valence-electron chi connectivity index (χ0n) is 14.2. The molecule has 0 aromatic heterocycles. The number of rotatable bonds is 6. The van der Waals surface area contributed by atoms with Crippen molar-refractivity contribution in [3.8, 4) is 5.75 Å². The van der Waals surface area contributed by atoms with Gasteiger partial charge in [0.05, 0.1) is 4.47 Å². The third-order valence-corrected chi connectivity index (χ3v) is 5.37. The smallest absolute Gasteiger partial charge is 0.139 e. The van der Waals surface area contributed by atoms with Gasteiger partial charge in [-0.25, -0.2) is 0 Å². The van der Waals surface area contributed by atoms with Gasteiger partial charge in [0.25, 0.3) is 0 Å². The van der Waals surface area contributed by atoms with Gasteiger partial charge in [-0.2, -0.15) is 0 Å². The maximum absolute atomic E-state index is 6.24. The number of halogens is 3. The molecule has 26 heavy (non-hydrogen) atoms. The fourth-order valence-electron chi connectivity index (χ4n) is 2.54. The Kier molecular flexibility index (Phi) is 6.63. The molecule has 0 radical (unpaired) electrons. The number of aryl methyl sites for hydroxylation is 1. The monoisotopic (exact) mass is 493 g/mol. The summed E-state index contributed by atoms with van der Waals surface area (Å²) >= 11 is 13.4. The van der Waals surface area contributed by atoms with Gasteiger partial charge in [-0.3, -0.25) is 0 Å². The number of hydrogen-bond acceptors (Lipinski definition) is 2. The molecule has 1 N–H and O–H groups in total. The van der Waals surface area contributed by atoms with Crippen LogP contribution in [0.5, 0.6) is 5.75 Å². The second-order valence-electron chi connectivity index (χ2n) is 5.98. The van der Waals surface area contributed by atoms with Crippen LogP contribution in [0.1, 0.15) is 16.7 Å². The van der Waals surface area contributed by atoms with Crippen molar-refractivity contribution in [2.75, 3.05) is 5.32 Å². The van der Waals surface area contributed by atoms with E-state index in [0.29, 0.717) is 18.2 Å². The Morgan fingerprint density at radius 3 is 2.42 bits per heavy atom. The standard InChI is InChI=1S/C21H18Br2ClNO/c1-14-6-8-18(9-7-14)25-12-16-10-17(22)11-19(23)21(16)26-13-15-4-2-3-5-20(15)24/h2-11,25H,12-13H2,1H3. The van der Waals surface area contributed by atoms with Crippen molar-refractivity contribution in [1.29, 1.82) is 0 Å². The maximum atomic E-state index is 6.24. The molecule has 0 heterocycles. The summed E-state index contributed by atoms with van der Waals surface area (Å²) in [5, 5.41) is 4.15. The molecule has 3 rings (SSSR count). The largest absolute Gasteiger partial charge is 0.487 e. The van der Waals surface area contributed by atoms with Crippen LogP contribution in [-0.2, 0) is 13.2 Å². The van der Waals surface area contributed by atoms with Gasteiger partial charge in [-0.05, 0) is 53.2 Å². The van der Waals surface area contributed by atoms with E-state index in [-0.39, 0.29) is 0 Å². The molecule has 2 nitrogen and oxygen atoms in total. The lowest BCUT2D eigenvalue weighted by Crippen LogP contribution is -2.05. The Morgan fingerprint density at radius 2 is 1.69 bits per heavy atom. The molecule has 0 atom stereocenters. The van der Waals surface area contributed by atoms with E-state index in [1.165, 1.54) is 5.56 Å². The number of benzene rings is 3. The zero-order chi connectivity index (χ0) is 18.5. The van der Waals surface area contributed by atoms with E-state index >= 15 is 0 Å². The topological polar surface area (TPSA) is 21.3 Å². The molecule has 0 saturated carbocycles. The summed E-state index contributed by atoms with van der Waals surface area (Å²) in [5.41, 5.74) is 4.33. The molecule has 0 aliphatic carbocycles. The molecule has 0 fully saturated rings. The van der Waals surface area contributed by atoms with E-state index in [0.717, 1.165) is 31.5 Å². The van der Waals surface area contributed by atoms with E-state index < -0.39 is 0 Å². The van der Waals surface area contributed by atoms with Crippen LogP contribution in [0.15, 0.2) is 69.6 Å². The summed E-state index contributed by atoms with van der Waals surface area (Å²) in [5.74, 6) is 0.813. The fraction of sp³-hybridized carbons (Fsp3) is 0.143. The van der Waals surface area contributed by atoms with Gasteiger partial charge >= 0.3 is 0 Å². The number of hydrogen-bond donors (Lipinski definition) is 1. The molecule has 134 valence electrons.